The number of phosphoric ester groups is 1. The predicted molar refractivity (Wildman–Crippen MR) is 240 cm³/mol. The van der Waals surface area contributed by atoms with Gasteiger partial charge in [-0.2, -0.15) is 0 Å². The van der Waals surface area contributed by atoms with Gasteiger partial charge in [0.15, 0.2) is 6.10 Å². The van der Waals surface area contributed by atoms with Crippen molar-refractivity contribution in [3.63, 3.8) is 0 Å². The second kappa shape index (κ2) is 37.4. The summed E-state index contributed by atoms with van der Waals surface area (Å²) in [5, 5.41) is 50.2. The van der Waals surface area contributed by atoms with Crippen molar-refractivity contribution in [1.29, 1.82) is 0 Å². The molecule has 0 radical (unpaired) electrons. The van der Waals surface area contributed by atoms with Crippen LogP contribution in [0.1, 0.15) is 194 Å². The summed E-state index contributed by atoms with van der Waals surface area (Å²) in [6.45, 7) is 3.26. The van der Waals surface area contributed by atoms with E-state index in [1.54, 1.807) is 0 Å². The predicted octanol–water partition coefficient (Wildman–Crippen LogP) is 9.39. The lowest BCUT2D eigenvalue weighted by Crippen LogP contribution is -2.64. The van der Waals surface area contributed by atoms with Gasteiger partial charge >= 0.3 is 19.8 Å². The average molecular weight is 889 g/mol. The number of hydrogen-bond donors (Lipinski definition) is 6. The Morgan fingerprint density at radius 2 is 0.885 bits per heavy atom. The lowest BCUT2D eigenvalue weighted by Gasteiger charge is -2.41. The number of ether oxygens (including phenoxy) is 2. The second-order valence-corrected chi connectivity index (χ2v) is 18.0. The Bertz CT molecular complexity index is 1210. The van der Waals surface area contributed by atoms with Crippen LogP contribution in [-0.2, 0) is 32.7 Å². The Balaban J connectivity index is 2.45. The molecule has 14 heteroatoms. The molecule has 0 heterocycles. The highest BCUT2D eigenvalue weighted by atomic mass is 31.2. The first kappa shape index (κ1) is 57.1. The smallest absolute Gasteiger partial charge is 0.462 e. The first-order valence-corrected chi connectivity index (χ1v) is 25.3. The molecule has 0 amide bonds. The van der Waals surface area contributed by atoms with Crippen molar-refractivity contribution in [2.75, 3.05) is 13.2 Å². The minimum Gasteiger partial charge on any atom is -0.462 e. The summed E-state index contributed by atoms with van der Waals surface area (Å²) in [6.07, 6.45) is 29.0. The van der Waals surface area contributed by atoms with Crippen LogP contribution in [0.3, 0.4) is 0 Å². The van der Waals surface area contributed by atoms with Gasteiger partial charge < -0.3 is 39.9 Å². The van der Waals surface area contributed by atoms with Crippen molar-refractivity contribution in [2.24, 2.45) is 0 Å². The van der Waals surface area contributed by atoms with Gasteiger partial charge in [0.2, 0.25) is 0 Å². The van der Waals surface area contributed by atoms with Crippen molar-refractivity contribution in [3.05, 3.63) is 36.5 Å². The van der Waals surface area contributed by atoms with E-state index in [-0.39, 0.29) is 12.8 Å². The molecule has 1 saturated carbocycles. The summed E-state index contributed by atoms with van der Waals surface area (Å²) >= 11 is 0. The Hall–Kier alpha value is -1.93. The molecule has 6 N–H and O–H groups in total. The summed E-state index contributed by atoms with van der Waals surface area (Å²) in [6, 6.07) is 0. The van der Waals surface area contributed by atoms with Crippen LogP contribution in [0.2, 0.25) is 0 Å². The molecule has 1 rings (SSSR count). The average Bonchev–Trinajstić information content (AvgIpc) is 3.24. The van der Waals surface area contributed by atoms with Crippen LogP contribution in [0.25, 0.3) is 0 Å². The molecule has 0 bridgehead atoms. The fraction of sp³-hybridized carbons (Fsp3) is 0.830. The molecule has 0 aromatic heterocycles. The van der Waals surface area contributed by atoms with Crippen molar-refractivity contribution < 1.29 is 63.1 Å². The largest absolute Gasteiger partial charge is 0.472 e. The third-order valence-corrected chi connectivity index (χ3v) is 12.0. The number of allylic oxidation sites excluding steroid dienone is 6. The van der Waals surface area contributed by atoms with E-state index in [0.717, 1.165) is 77.0 Å². The number of phosphoric acid groups is 1. The summed E-state index contributed by atoms with van der Waals surface area (Å²) in [5.74, 6) is -1.11. The highest BCUT2D eigenvalue weighted by Gasteiger charge is 2.51. The zero-order chi connectivity index (χ0) is 45.0. The van der Waals surface area contributed by atoms with Gasteiger partial charge in [0, 0.05) is 12.8 Å². The molecule has 6 atom stereocenters. The Labute approximate surface area is 368 Å². The van der Waals surface area contributed by atoms with Crippen molar-refractivity contribution in [1.82, 2.24) is 0 Å². The molecular weight excluding hydrogens is 803 g/mol. The normalized spacial score (nSPS) is 22.3. The fourth-order valence-electron chi connectivity index (χ4n) is 7.12. The fourth-order valence-corrected chi connectivity index (χ4v) is 8.09. The molecule has 13 nitrogen and oxygen atoms in total. The van der Waals surface area contributed by atoms with Crippen molar-refractivity contribution >= 4 is 19.8 Å². The monoisotopic (exact) mass is 889 g/mol. The molecule has 0 aromatic rings. The van der Waals surface area contributed by atoms with E-state index in [4.69, 9.17) is 18.5 Å². The summed E-state index contributed by atoms with van der Waals surface area (Å²) < 4.78 is 33.5. The van der Waals surface area contributed by atoms with Gasteiger partial charge in [-0.3, -0.25) is 18.6 Å². The van der Waals surface area contributed by atoms with E-state index in [0.29, 0.717) is 12.8 Å². The quantitative estimate of drug-likeness (QED) is 0.0147. The Morgan fingerprint density at radius 1 is 0.508 bits per heavy atom. The molecular formula is C47H85O13P. The molecule has 0 aromatic carbocycles. The molecule has 0 aliphatic heterocycles. The van der Waals surface area contributed by atoms with Gasteiger partial charge in [-0.15, -0.1) is 0 Å². The molecule has 1 aliphatic carbocycles. The van der Waals surface area contributed by atoms with Gasteiger partial charge in [-0.05, 0) is 51.4 Å². The highest BCUT2D eigenvalue weighted by molar-refractivity contribution is 7.47. The first-order valence-electron chi connectivity index (χ1n) is 23.8. The van der Waals surface area contributed by atoms with Crippen molar-refractivity contribution in [2.45, 2.75) is 236 Å². The minimum atomic E-state index is -5.12. The maximum Gasteiger partial charge on any atom is 0.472 e. The van der Waals surface area contributed by atoms with Crippen LogP contribution < -0.4 is 0 Å². The highest BCUT2D eigenvalue weighted by Crippen LogP contribution is 2.47. The molecule has 6 unspecified atom stereocenters. The van der Waals surface area contributed by atoms with Gasteiger partial charge in [-0.25, -0.2) is 4.57 Å². The molecule has 1 fully saturated rings. The molecule has 61 heavy (non-hydrogen) atoms. The second-order valence-electron chi connectivity index (χ2n) is 16.6. The van der Waals surface area contributed by atoms with Gasteiger partial charge in [-0.1, -0.05) is 166 Å². The number of rotatable bonds is 39. The summed E-state index contributed by atoms with van der Waals surface area (Å²) in [4.78, 5) is 35.7. The molecule has 1 aliphatic rings. The van der Waals surface area contributed by atoms with Crippen LogP contribution in [0.15, 0.2) is 36.5 Å². The van der Waals surface area contributed by atoms with Crippen molar-refractivity contribution in [3.8, 4) is 0 Å². The summed E-state index contributed by atoms with van der Waals surface area (Å²) in [5.41, 5.74) is 0. The topological polar surface area (TPSA) is 210 Å². The zero-order valence-electron chi connectivity index (χ0n) is 37.7. The van der Waals surface area contributed by atoms with Gasteiger partial charge in [0.05, 0.1) is 6.61 Å². The van der Waals surface area contributed by atoms with E-state index >= 15 is 0 Å². The lowest BCUT2D eigenvalue weighted by atomic mass is 9.85. The van der Waals surface area contributed by atoms with Crippen LogP contribution >= 0.6 is 7.82 Å². The SMILES string of the molecule is CCCCCC=CCC=CCC=CCCCCCCCCC(=O)OC(COC(=O)CCCCCCCCCCCCCCC)COP(=O)(O)OC1C(O)C(O)C(O)C(O)C1O. The number of carbonyl (C=O) groups excluding carboxylic acids is 2. The number of unbranched alkanes of at least 4 members (excludes halogenated alkanes) is 21. The number of esters is 2. The van der Waals surface area contributed by atoms with Crippen LogP contribution in [-0.4, -0.2) is 98.3 Å². The number of aliphatic hydroxyl groups is 5. The van der Waals surface area contributed by atoms with Crippen LogP contribution in [0.4, 0.5) is 0 Å². The van der Waals surface area contributed by atoms with E-state index in [1.165, 1.54) is 77.0 Å². The minimum absolute atomic E-state index is 0.0835. The third kappa shape index (κ3) is 30.0. The number of carbonyl (C=O) groups is 2. The van der Waals surface area contributed by atoms with E-state index in [9.17, 15) is 44.6 Å². The summed E-state index contributed by atoms with van der Waals surface area (Å²) in [7, 11) is -5.12. The zero-order valence-corrected chi connectivity index (χ0v) is 38.6. The van der Waals surface area contributed by atoms with Gasteiger partial charge in [0.25, 0.3) is 0 Å². The number of hydrogen-bond acceptors (Lipinski definition) is 12. The third-order valence-electron chi connectivity index (χ3n) is 11.0. The lowest BCUT2D eigenvalue weighted by molar-refractivity contribution is -0.220. The number of aliphatic hydroxyl groups excluding tert-OH is 5. The van der Waals surface area contributed by atoms with E-state index in [1.807, 2.05) is 0 Å². The maximum absolute atomic E-state index is 12.8. The van der Waals surface area contributed by atoms with E-state index in [2.05, 4.69) is 50.3 Å². The molecule has 0 saturated heterocycles. The van der Waals surface area contributed by atoms with Crippen LogP contribution in [0.5, 0.6) is 0 Å². The standard InChI is InChI=1S/C47H85O13P/c1-3-5-7-9-11-13-15-17-18-19-20-21-22-24-26-28-30-32-34-36-41(49)59-39(38-58-61(55,56)60-47-45(53)43(51)42(50)44(52)46(47)54)37-57-40(48)35-33-31-29-27-25-23-16-14-12-10-8-6-4-2/h11,13,17-18,20-21,39,42-47,50-54H,3-10,12,14-16,19,22-38H2,1-2H3,(H,55,56). The van der Waals surface area contributed by atoms with Crippen LogP contribution in [0, 0.1) is 0 Å². The van der Waals surface area contributed by atoms with Gasteiger partial charge in [0.1, 0.15) is 43.2 Å². The Morgan fingerprint density at radius 3 is 1.38 bits per heavy atom. The molecule has 356 valence electrons. The van der Waals surface area contributed by atoms with E-state index < -0.39 is 75.7 Å². The maximum atomic E-state index is 12.8. The first-order chi connectivity index (χ1) is 29.4. The Kier molecular flexibility index (Phi) is 35.0. The molecule has 0 spiro atoms.